The number of nitrogens with zero attached hydrogens (tertiary/aromatic N) is 1. The molecule has 5 nitrogen and oxygen atoms in total. The van der Waals surface area contributed by atoms with Crippen molar-refractivity contribution in [3.63, 3.8) is 0 Å². The lowest BCUT2D eigenvalue weighted by atomic mass is 10.0. The van der Waals surface area contributed by atoms with Crippen molar-refractivity contribution in [2.24, 2.45) is 0 Å². The fourth-order valence-electron chi connectivity index (χ4n) is 3.27. The van der Waals surface area contributed by atoms with Crippen LogP contribution < -0.4 is 10.6 Å². The van der Waals surface area contributed by atoms with Gasteiger partial charge in [-0.3, -0.25) is 4.98 Å². The summed E-state index contributed by atoms with van der Waals surface area (Å²) in [5.41, 5.74) is 3.20. The molecule has 1 unspecified atom stereocenters. The summed E-state index contributed by atoms with van der Waals surface area (Å²) in [6.07, 6.45) is 1.86. The lowest BCUT2D eigenvalue weighted by Crippen LogP contribution is -2.28. The van der Waals surface area contributed by atoms with E-state index in [1.54, 1.807) is 18.2 Å². The highest BCUT2D eigenvalue weighted by atomic mass is 35.5. The molecule has 3 aromatic rings. The van der Waals surface area contributed by atoms with Gasteiger partial charge in [-0.25, -0.2) is 4.79 Å². The summed E-state index contributed by atoms with van der Waals surface area (Å²) in [5.74, 6) is -0.0457. The topological polar surface area (TPSA) is 74.2 Å². The molecular weight excluding hydrogens is 417 g/mol. The number of aromatic carboxylic acids is 1. The van der Waals surface area contributed by atoms with Gasteiger partial charge in [-0.05, 0) is 36.4 Å². The number of fused-ring (bicyclic) bond motifs is 1. The quantitative estimate of drug-likeness (QED) is 0.513. The lowest BCUT2D eigenvalue weighted by Gasteiger charge is -2.26. The van der Waals surface area contributed by atoms with Crippen molar-refractivity contribution in [1.82, 2.24) is 10.3 Å². The standard InChI is InChI=1S/C20H17Cl2N3O2S/c21-11-1-3-16-13(7-11)19(15(9-24-16)18-10-23-5-6-28-18)25-17-4-2-12(22)8-14(17)20(26)27/h1-4,7-9,18,23H,5-6,10H2,(H,24,25)(H,26,27). The van der Waals surface area contributed by atoms with Crippen LogP contribution in [-0.4, -0.2) is 34.9 Å². The van der Waals surface area contributed by atoms with Crippen molar-refractivity contribution < 1.29 is 9.90 Å². The van der Waals surface area contributed by atoms with E-state index in [2.05, 4.69) is 15.6 Å². The van der Waals surface area contributed by atoms with Crippen LogP contribution >= 0.6 is 35.0 Å². The number of nitrogens with one attached hydrogen (secondary N) is 2. The highest BCUT2D eigenvalue weighted by Crippen LogP contribution is 2.40. The third kappa shape index (κ3) is 3.91. The molecule has 0 amide bonds. The Bertz CT molecular complexity index is 1060. The first kappa shape index (κ1) is 19.3. The van der Waals surface area contributed by atoms with Crippen LogP contribution in [0, 0.1) is 0 Å². The van der Waals surface area contributed by atoms with Gasteiger partial charge in [-0.2, -0.15) is 11.8 Å². The molecule has 1 saturated heterocycles. The van der Waals surface area contributed by atoms with Gasteiger partial charge in [0.25, 0.3) is 0 Å². The zero-order valence-electron chi connectivity index (χ0n) is 14.7. The van der Waals surface area contributed by atoms with Crippen molar-refractivity contribution in [1.29, 1.82) is 0 Å². The molecule has 0 saturated carbocycles. The Morgan fingerprint density at radius 2 is 2.00 bits per heavy atom. The van der Waals surface area contributed by atoms with E-state index in [-0.39, 0.29) is 10.8 Å². The van der Waals surface area contributed by atoms with Gasteiger partial charge in [0.15, 0.2) is 0 Å². The largest absolute Gasteiger partial charge is 0.478 e. The van der Waals surface area contributed by atoms with Gasteiger partial charge in [-0.15, -0.1) is 0 Å². The zero-order valence-corrected chi connectivity index (χ0v) is 17.0. The maximum atomic E-state index is 11.7. The number of halogens is 2. The summed E-state index contributed by atoms with van der Waals surface area (Å²) in [6.45, 7) is 1.79. The molecule has 144 valence electrons. The van der Waals surface area contributed by atoms with Crippen LogP contribution in [0.2, 0.25) is 10.0 Å². The van der Waals surface area contributed by atoms with Crippen LogP contribution in [0.15, 0.2) is 42.6 Å². The molecular formula is C20H17Cl2N3O2S. The number of carboxylic acids is 1. The minimum Gasteiger partial charge on any atom is -0.478 e. The van der Waals surface area contributed by atoms with Crippen LogP contribution in [0.3, 0.4) is 0 Å². The number of benzene rings is 2. The van der Waals surface area contributed by atoms with Gasteiger partial charge >= 0.3 is 5.97 Å². The third-order valence-electron chi connectivity index (χ3n) is 4.61. The fraction of sp³-hybridized carbons (Fsp3) is 0.200. The van der Waals surface area contributed by atoms with E-state index in [1.165, 1.54) is 6.07 Å². The monoisotopic (exact) mass is 433 g/mol. The van der Waals surface area contributed by atoms with E-state index in [0.717, 1.165) is 41.0 Å². The molecule has 4 rings (SSSR count). The normalized spacial score (nSPS) is 16.9. The smallest absolute Gasteiger partial charge is 0.337 e. The molecule has 2 aromatic carbocycles. The third-order valence-corrected chi connectivity index (χ3v) is 6.34. The van der Waals surface area contributed by atoms with E-state index >= 15 is 0 Å². The summed E-state index contributed by atoms with van der Waals surface area (Å²) in [6, 6.07) is 10.3. The Morgan fingerprint density at radius 3 is 2.75 bits per heavy atom. The molecule has 1 atom stereocenters. The molecule has 1 aromatic heterocycles. The van der Waals surface area contributed by atoms with E-state index in [1.807, 2.05) is 30.1 Å². The number of carbonyl (C=O) groups is 1. The van der Waals surface area contributed by atoms with Gasteiger partial charge in [-0.1, -0.05) is 23.2 Å². The number of hydrogen-bond donors (Lipinski definition) is 3. The molecule has 1 aliphatic heterocycles. The first-order chi connectivity index (χ1) is 13.5. The Balaban J connectivity index is 1.88. The van der Waals surface area contributed by atoms with Gasteiger partial charge in [0, 0.05) is 51.3 Å². The molecule has 1 fully saturated rings. The highest BCUT2D eigenvalue weighted by Gasteiger charge is 2.22. The fourth-order valence-corrected chi connectivity index (χ4v) is 4.75. The second-order valence-electron chi connectivity index (χ2n) is 6.43. The molecule has 0 spiro atoms. The first-order valence-electron chi connectivity index (χ1n) is 8.73. The van der Waals surface area contributed by atoms with Crippen LogP contribution in [0.4, 0.5) is 11.4 Å². The summed E-state index contributed by atoms with van der Waals surface area (Å²) in [5, 5.41) is 18.4. The summed E-state index contributed by atoms with van der Waals surface area (Å²) in [7, 11) is 0. The Hall–Kier alpha value is -1.99. The molecule has 0 aliphatic carbocycles. The van der Waals surface area contributed by atoms with Crippen molar-refractivity contribution in [2.45, 2.75) is 5.25 Å². The maximum Gasteiger partial charge on any atom is 0.337 e. The second kappa shape index (κ2) is 8.17. The Morgan fingerprint density at radius 1 is 1.21 bits per heavy atom. The van der Waals surface area contributed by atoms with E-state index in [9.17, 15) is 9.90 Å². The number of aromatic nitrogens is 1. The minimum absolute atomic E-state index is 0.111. The molecule has 0 bridgehead atoms. The van der Waals surface area contributed by atoms with Crippen LogP contribution in [0.25, 0.3) is 10.9 Å². The predicted molar refractivity (Wildman–Crippen MR) is 117 cm³/mol. The Kier molecular flexibility index (Phi) is 5.64. The summed E-state index contributed by atoms with van der Waals surface area (Å²) >= 11 is 14.1. The molecule has 0 radical (unpaired) electrons. The van der Waals surface area contributed by atoms with Crippen molar-refractivity contribution >= 4 is 63.2 Å². The Labute approximate surface area is 176 Å². The average Bonchev–Trinajstić information content (AvgIpc) is 2.70. The highest BCUT2D eigenvalue weighted by molar-refractivity contribution is 7.99. The van der Waals surface area contributed by atoms with Gasteiger partial charge in [0.05, 0.1) is 22.5 Å². The number of hydrogen-bond acceptors (Lipinski definition) is 5. The van der Waals surface area contributed by atoms with Crippen molar-refractivity contribution in [3.05, 3.63) is 63.8 Å². The lowest BCUT2D eigenvalue weighted by molar-refractivity contribution is 0.0698. The second-order valence-corrected chi connectivity index (χ2v) is 8.62. The number of pyridine rings is 1. The number of carboxylic acid groups (broad SMARTS) is 1. The van der Waals surface area contributed by atoms with Gasteiger partial charge in [0.1, 0.15) is 0 Å². The molecule has 1 aliphatic rings. The summed E-state index contributed by atoms with van der Waals surface area (Å²) in [4.78, 5) is 16.3. The molecule has 3 N–H and O–H groups in total. The van der Waals surface area contributed by atoms with Crippen molar-refractivity contribution in [2.75, 3.05) is 24.2 Å². The SMILES string of the molecule is O=C(O)c1cc(Cl)ccc1Nc1c(C2CNCCS2)cnc2ccc(Cl)cc12. The number of anilines is 2. The van der Waals surface area contributed by atoms with Gasteiger partial charge < -0.3 is 15.7 Å². The number of thioether (sulfide) groups is 1. The van der Waals surface area contributed by atoms with E-state index in [0.29, 0.717) is 15.7 Å². The van der Waals surface area contributed by atoms with E-state index in [4.69, 9.17) is 23.2 Å². The van der Waals surface area contributed by atoms with Crippen LogP contribution in [0.1, 0.15) is 21.2 Å². The first-order valence-corrected chi connectivity index (χ1v) is 10.5. The zero-order chi connectivity index (χ0) is 19.7. The molecule has 8 heteroatoms. The minimum atomic E-state index is -1.04. The van der Waals surface area contributed by atoms with Gasteiger partial charge in [0.2, 0.25) is 0 Å². The average molecular weight is 434 g/mol. The number of rotatable bonds is 4. The van der Waals surface area contributed by atoms with E-state index < -0.39 is 5.97 Å². The van der Waals surface area contributed by atoms with Crippen LogP contribution in [0.5, 0.6) is 0 Å². The summed E-state index contributed by atoms with van der Waals surface area (Å²) < 4.78 is 0. The van der Waals surface area contributed by atoms with Crippen LogP contribution in [-0.2, 0) is 0 Å². The molecule has 2 heterocycles. The molecule has 28 heavy (non-hydrogen) atoms. The van der Waals surface area contributed by atoms with Crippen molar-refractivity contribution in [3.8, 4) is 0 Å². The predicted octanol–water partition coefficient (Wildman–Crippen LogP) is 5.36. The maximum absolute atomic E-state index is 11.7.